The average molecular weight is 418 g/mol. The average Bonchev–Trinajstić information content (AvgIpc) is 3.47. The molecule has 0 spiro atoms. The Labute approximate surface area is 181 Å². The van der Waals surface area contributed by atoms with Crippen molar-refractivity contribution in [2.24, 2.45) is 5.92 Å². The third-order valence-electron chi connectivity index (χ3n) is 6.41. The van der Waals surface area contributed by atoms with Gasteiger partial charge in [-0.1, -0.05) is 6.92 Å². The molecule has 2 unspecified atom stereocenters. The quantitative estimate of drug-likeness (QED) is 0.414. The van der Waals surface area contributed by atoms with E-state index in [1.807, 2.05) is 18.5 Å². The van der Waals surface area contributed by atoms with Gasteiger partial charge in [-0.25, -0.2) is 0 Å². The lowest BCUT2D eigenvalue weighted by Crippen LogP contribution is -2.32. The zero-order valence-electron chi connectivity index (χ0n) is 17.4. The molecule has 5 heteroatoms. The van der Waals surface area contributed by atoms with Gasteiger partial charge in [-0.15, -0.1) is 0 Å². The number of hydrogen-bond donors (Lipinski definition) is 2. The maximum absolute atomic E-state index is 5.54. The SMILES string of the molecule is COc1ccc2[nH]c(C(C)C3CCCNC3)c(-c3cncc(-c4ccsc4)c3)c2c1. The summed E-state index contributed by atoms with van der Waals surface area (Å²) in [4.78, 5) is 8.36. The number of aromatic amines is 1. The number of hydrogen-bond acceptors (Lipinski definition) is 4. The van der Waals surface area contributed by atoms with Crippen molar-refractivity contribution in [2.45, 2.75) is 25.7 Å². The molecule has 154 valence electrons. The molecule has 1 aliphatic rings. The van der Waals surface area contributed by atoms with E-state index in [2.05, 4.69) is 57.2 Å². The number of ether oxygens (including phenoxy) is 1. The van der Waals surface area contributed by atoms with Crippen LogP contribution in [-0.4, -0.2) is 30.2 Å². The molecule has 0 bridgehead atoms. The fraction of sp³-hybridized carbons (Fsp3) is 0.320. The first-order valence-electron chi connectivity index (χ1n) is 10.6. The Balaban J connectivity index is 1.68. The summed E-state index contributed by atoms with van der Waals surface area (Å²) in [5, 5.41) is 9.07. The Morgan fingerprint density at radius 1 is 1.13 bits per heavy atom. The van der Waals surface area contributed by atoms with Gasteiger partial charge >= 0.3 is 0 Å². The second-order valence-corrected chi connectivity index (χ2v) is 8.97. The summed E-state index contributed by atoms with van der Waals surface area (Å²) in [5.74, 6) is 1.93. The van der Waals surface area contributed by atoms with Crippen molar-refractivity contribution in [3.05, 3.63) is 59.2 Å². The molecule has 4 nitrogen and oxygen atoms in total. The van der Waals surface area contributed by atoms with Crippen LogP contribution in [0, 0.1) is 5.92 Å². The highest BCUT2D eigenvalue weighted by atomic mass is 32.1. The molecule has 0 aliphatic carbocycles. The van der Waals surface area contributed by atoms with E-state index < -0.39 is 0 Å². The first kappa shape index (κ1) is 19.3. The molecule has 1 aliphatic heterocycles. The Morgan fingerprint density at radius 3 is 2.80 bits per heavy atom. The van der Waals surface area contributed by atoms with Crippen LogP contribution >= 0.6 is 11.3 Å². The van der Waals surface area contributed by atoms with Gasteiger partial charge in [0.15, 0.2) is 0 Å². The molecule has 1 aromatic carbocycles. The maximum atomic E-state index is 5.54. The van der Waals surface area contributed by atoms with Gasteiger partial charge in [-0.05, 0) is 78.5 Å². The molecule has 0 saturated carbocycles. The number of rotatable bonds is 5. The molecular weight excluding hydrogens is 390 g/mol. The molecule has 1 saturated heterocycles. The van der Waals surface area contributed by atoms with E-state index in [0.717, 1.165) is 35.5 Å². The van der Waals surface area contributed by atoms with Gasteiger partial charge in [0.2, 0.25) is 0 Å². The van der Waals surface area contributed by atoms with Crippen LogP contribution in [0.2, 0.25) is 0 Å². The van der Waals surface area contributed by atoms with Gasteiger partial charge in [0.1, 0.15) is 5.75 Å². The zero-order chi connectivity index (χ0) is 20.5. The molecular formula is C25H27N3OS. The minimum atomic E-state index is 0.427. The van der Waals surface area contributed by atoms with E-state index in [-0.39, 0.29) is 0 Å². The fourth-order valence-corrected chi connectivity index (χ4v) is 5.34. The van der Waals surface area contributed by atoms with Crippen molar-refractivity contribution in [2.75, 3.05) is 20.2 Å². The van der Waals surface area contributed by atoms with Crippen LogP contribution in [0.1, 0.15) is 31.4 Å². The minimum Gasteiger partial charge on any atom is -0.497 e. The predicted octanol–water partition coefficient (Wildman–Crippen LogP) is 6.07. The van der Waals surface area contributed by atoms with Crippen molar-refractivity contribution in [3.63, 3.8) is 0 Å². The number of nitrogens with zero attached hydrogens (tertiary/aromatic N) is 1. The van der Waals surface area contributed by atoms with E-state index in [1.54, 1.807) is 18.4 Å². The highest BCUT2D eigenvalue weighted by molar-refractivity contribution is 7.08. The number of pyridine rings is 1. The van der Waals surface area contributed by atoms with Crippen LogP contribution in [0.3, 0.4) is 0 Å². The normalized spacial score (nSPS) is 17.9. The predicted molar refractivity (Wildman–Crippen MR) is 125 cm³/mol. The molecule has 0 radical (unpaired) electrons. The number of benzene rings is 1. The van der Waals surface area contributed by atoms with Gasteiger partial charge in [0.05, 0.1) is 7.11 Å². The smallest absolute Gasteiger partial charge is 0.119 e. The molecule has 4 aromatic rings. The third kappa shape index (κ3) is 3.53. The van der Waals surface area contributed by atoms with Crippen LogP contribution in [-0.2, 0) is 0 Å². The molecule has 0 amide bonds. The van der Waals surface area contributed by atoms with E-state index in [4.69, 9.17) is 4.74 Å². The Kier molecular flexibility index (Phi) is 5.32. The third-order valence-corrected chi connectivity index (χ3v) is 7.10. The summed E-state index contributed by atoms with van der Waals surface area (Å²) in [5.41, 5.74) is 7.24. The summed E-state index contributed by atoms with van der Waals surface area (Å²) >= 11 is 1.71. The number of H-pyrrole nitrogens is 1. The zero-order valence-corrected chi connectivity index (χ0v) is 18.3. The van der Waals surface area contributed by atoms with E-state index in [1.165, 1.54) is 35.0 Å². The lowest BCUT2D eigenvalue weighted by atomic mass is 9.83. The first-order valence-corrected chi connectivity index (χ1v) is 11.6. The van der Waals surface area contributed by atoms with Crippen LogP contribution in [0.5, 0.6) is 5.75 Å². The topological polar surface area (TPSA) is 49.9 Å². The van der Waals surface area contributed by atoms with Gasteiger partial charge in [0.25, 0.3) is 0 Å². The summed E-state index contributed by atoms with van der Waals surface area (Å²) < 4.78 is 5.54. The molecule has 2 N–H and O–H groups in total. The van der Waals surface area contributed by atoms with Gasteiger partial charge in [-0.2, -0.15) is 11.3 Å². The van der Waals surface area contributed by atoms with E-state index in [9.17, 15) is 0 Å². The molecule has 4 heterocycles. The number of methoxy groups -OCH3 is 1. The fourth-order valence-electron chi connectivity index (χ4n) is 4.68. The summed E-state index contributed by atoms with van der Waals surface area (Å²) in [7, 11) is 1.73. The van der Waals surface area contributed by atoms with E-state index in [0.29, 0.717) is 11.8 Å². The standard InChI is InChI=1S/C25H27N3OS/c1-16(17-4-3-8-26-12-17)25-24(22-11-21(29-2)5-6-23(22)28-25)20-10-19(13-27-14-20)18-7-9-30-15-18/h5-7,9-11,13-17,26,28H,3-4,8,12H2,1-2H3. The summed E-state index contributed by atoms with van der Waals surface area (Å²) in [6, 6.07) is 10.7. The van der Waals surface area contributed by atoms with Crippen molar-refractivity contribution in [1.29, 1.82) is 0 Å². The van der Waals surface area contributed by atoms with Crippen LogP contribution in [0.4, 0.5) is 0 Å². The monoisotopic (exact) mass is 417 g/mol. The van der Waals surface area contributed by atoms with Crippen molar-refractivity contribution in [1.82, 2.24) is 15.3 Å². The molecule has 2 atom stereocenters. The Hall–Kier alpha value is -2.63. The Morgan fingerprint density at radius 2 is 2.03 bits per heavy atom. The van der Waals surface area contributed by atoms with Crippen LogP contribution < -0.4 is 10.1 Å². The highest BCUT2D eigenvalue weighted by Gasteiger charge is 2.26. The van der Waals surface area contributed by atoms with Crippen molar-refractivity contribution >= 4 is 22.2 Å². The van der Waals surface area contributed by atoms with Crippen LogP contribution in [0.15, 0.2) is 53.5 Å². The highest BCUT2D eigenvalue weighted by Crippen LogP contribution is 2.41. The minimum absolute atomic E-state index is 0.427. The lowest BCUT2D eigenvalue weighted by Gasteiger charge is -2.28. The number of aromatic nitrogens is 2. The number of thiophene rings is 1. The molecule has 30 heavy (non-hydrogen) atoms. The van der Waals surface area contributed by atoms with Crippen LogP contribution in [0.25, 0.3) is 33.2 Å². The van der Waals surface area contributed by atoms with Gasteiger partial charge in [-0.3, -0.25) is 4.98 Å². The lowest BCUT2D eigenvalue weighted by molar-refractivity contribution is 0.332. The number of fused-ring (bicyclic) bond motifs is 1. The summed E-state index contributed by atoms with van der Waals surface area (Å²) in [6.07, 6.45) is 6.45. The van der Waals surface area contributed by atoms with Gasteiger partial charge in [0, 0.05) is 51.6 Å². The van der Waals surface area contributed by atoms with Gasteiger partial charge < -0.3 is 15.0 Å². The maximum Gasteiger partial charge on any atom is 0.119 e. The molecule has 1 fully saturated rings. The number of nitrogens with one attached hydrogen (secondary N) is 2. The Bertz CT molecular complexity index is 1140. The molecule has 3 aromatic heterocycles. The first-order chi connectivity index (χ1) is 14.7. The second-order valence-electron chi connectivity index (χ2n) is 8.19. The summed E-state index contributed by atoms with van der Waals surface area (Å²) in [6.45, 7) is 4.57. The van der Waals surface area contributed by atoms with E-state index >= 15 is 0 Å². The molecule has 5 rings (SSSR count). The van der Waals surface area contributed by atoms with Crippen molar-refractivity contribution in [3.8, 4) is 28.0 Å². The largest absolute Gasteiger partial charge is 0.497 e. The second kappa shape index (κ2) is 8.25. The van der Waals surface area contributed by atoms with Crippen molar-refractivity contribution < 1.29 is 4.74 Å². The number of piperidine rings is 1.